The molecule has 1 atom stereocenters. The first-order valence-corrected chi connectivity index (χ1v) is 16.4. The third kappa shape index (κ3) is 8.64. The minimum absolute atomic E-state index is 0.0357. The maximum atomic E-state index is 14.3. The molecule has 3 aromatic carbocycles. The number of ether oxygens (including phenoxy) is 2. The van der Waals surface area contributed by atoms with Crippen LogP contribution in [0.4, 0.5) is 5.69 Å². The molecule has 0 saturated heterocycles. The quantitative estimate of drug-likeness (QED) is 0.291. The lowest BCUT2D eigenvalue weighted by Gasteiger charge is -2.34. The van der Waals surface area contributed by atoms with Crippen LogP contribution in [0, 0.1) is 0 Å². The maximum absolute atomic E-state index is 14.3. The molecular formula is C32H38ClN3O6S. The van der Waals surface area contributed by atoms with E-state index in [9.17, 15) is 18.0 Å². The summed E-state index contributed by atoms with van der Waals surface area (Å²) in [5, 5.41) is 3.36. The molecule has 4 rings (SSSR count). The Kier molecular flexibility index (Phi) is 10.9. The van der Waals surface area contributed by atoms with E-state index in [1.807, 2.05) is 42.5 Å². The summed E-state index contributed by atoms with van der Waals surface area (Å²) in [5.41, 5.74) is 1.82. The molecule has 43 heavy (non-hydrogen) atoms. The highest BCUT2D eigenvalue weighted by Crippen LogP contribution is 2.30. The zero-order valence-electron chi connectivity index (χ0n) is 24.7. The summed E-state index contributed by atoms with van der Waals surface area (Å²) in [6.45, 7) is -0.472. The monoisotopic (exact) mass is 627 g/mol. The third-order valence-electron chi connectivity index (χ3n) is 7.56. The number of benzene rings is 3. The number of hydrogen-bond donors (Lipinski definition) is 1. The first kappa shape index (κ1) is 32.2. The second-order valence-corrected chi connectivity index (χ2v) is 13.0. The average Bonchev–Trinajstić information content (AvgIpc) is 3.50. The molecular weight excluding hydrogens is 590 g/mol. The number of hydrogen-bond acceptors (Lipinski definition) is 6. The van der Waals surface area contributed by atoms with E-state index in [2.05, 4.69) is 5.32 Å². The summed E-state index contributed by atoms with van der Waals surface area (Å²) in [4.78, 5) is 29.7. The van der Waals surface area contributed by atoms with Crippen LogP contribution in [0.3, 0.4) is 0 Å². The number of rotatable bonds is 13. The van der Waals surface area contributed by atoms with Crippen molar-refractivity contribution in [2.75, 3.05) is 31.3 Å². The summed E-state index contributed by atoms with van der Waals surface area (Å²) < 4.78 is 37.6. The van der Waals surface area contributed by atoms with Gasteiger partial charge < -0.3 is 19.7 Å². The molecule has 3 aromatic rings. The lowest BCUT2D eigenvalue weighted by atomic mass is 10.0. The van der Waals surface area contributed by atoms with Crippen LogP contribution in [0.25, 0.3) is 0 Å². The van der Waals surface area contributed by atoms with E-state index >= 15 is 0 Å². The zero-order chi connectivity index (χ0) is 31.0. The van der Waals surface area contributed by atoms with Crippen LogP contribution in [-0.4, -0.2) is 64.2 Å². The lowest BCUT2D eigenvalue weighted by molar-refractivity contribution is -0.140. The number of carbonyl (C=O) groups excluding carboxylic acids is 2. The molecule has 0 heterocycles. The summed E-state index contributed by atoms with van der Waals surface area (Å²) in [5.74, 6) is 0.162. The lowest BCUT2D eigenvalue weighted by Crippen LogP contribution is -2.54. The van der Waals surface area contributed by atoms with Gasteiger partial charge in [-0.05, 0) is 54.3 Å². The van der Waals surface area contributed by atoms with Gasteiger partial charge in [0.1, 0.15) is 24.1 Å². The summed E-state index contributed by atoms with van der Waals surface area (Å²) in [6.07, 6.45) is 5.12. The molecule has 1 aliphatic carbocycles. The summed E-state index contributed by atoms with van der Waals surface area (Å²) in [7, 11) is -0.912. The van der Waals surface area contributed by atoms with Crippen LogP contribution in [0.1, 0.15) is 36.8 Å². The molecule has 1 N–H and O–H groups in total. The average molecular weight is 628 g/mol. The molecule has 0 spiro atoms. The first-order chi connectivity index (χ1) is 20.6. The Morgan fingerprint density at radius 3 is 2.28 bits per heavy atom. The van der Waals surface area contributed by atoms with Crippen molar-refractivity contribution in [2.24, 2.45) is 0 Å². The highest BCUT2D eigenvalue weighted by atomic mass is 35.5. The second-order valence-electron chi connectivity index (χ2n) is 10.7. The molecule has 230 valence electrons. The van der Waals surface area contributed by atoms with Crippen LogP contribution in [-0.2, 0) is 32.6 Å². The Morgan fingerprint density at radius 1 is 0.953 bits per heavy atom. The number of halogens is 1. The van der Waals surface area contributed by atoms with Gasteiger partial charge in [-0.1, -0.05) is 66.9 Å². The molecule has 11 heteroatoms. The fourth-order valence-electron chi connectivity index (χ4n) is 5.31. The topological polar surface area (TPSA) is 105 Å². The Hall–Kier alpha value is -3.76. The minimum Gasteiger partial charge on any atom is -0.497 e. The van der Waals surface area contributed by atoms with Crippen molar-refractivity contribution in [1.29, 1.82) is 0 Å². The fourth-order valence-corrected chi connectivity index (χ4v) is 6.41. The van der Waals surface area contributed by atoms with Gasteiger partial charge in [-0.2, -0.15) is 0 Å². The van der Waals surface area contributed by atoms with E-state index in [1.54, 1.807) is 25.3 Å². The van der Waals surface area contributed by atoms with Gasteiger partial charge in [0.15, 0.2) is 0 Å². The predicted octanol–water partition coefficient (Wildman–Crippen LogP) is 4.82. The van der Waals surface area contributed by atoms with E-state index in [4.69, 9.17) is 21.1 Å². The van der Waals surface area contributed by atoms with Gasteiger partial charge in [-0.15, -0.1) is 0 Å². The minimum atomic E-state index is -3.92. The highest BCUT2D eigenvalue weighted by Gasteiger charge is 2.34. The largest absolute Gasteiger partial charge is 0.497 e. The Balaban J connectivity index is 1.74. The number of nitrogens with one attached hydrogen (secondary N) is 1. The van der Waals surface area contributed by atoms with Crippen molar-refractivity contribution in [3.8, 4) is 11.5 Å². The van der Waals surface area contributed by atoms with Crippen LogP contribution in [0.15, 0.2) is 72.8 Å². The van der Waals surface area contributed by atoms with E-state index in [0.29, 0.717) is 11.5 Å². The number of methoxy groups -OCH3 is 2. The first-order valence-electron chi connectivity index (χ1n) is 14.2. The number of anilines is 1. The molecule has 1 fully saturated rings. The molecule has 2 amide bonds. The number of sulfonamides is 1. The van der Waals surface area contributed by atoms with Crippen LogP contribution in [0.5, 0.6) is 11.5 Å². The highest BCUT2D eigenvalue weighted by molar-refractivity contribution is 7.92. The van der Waals surface area contributed by atoms with Crippen molar-refractivity contribution in [3.05, 3.63) is 88.9 Å². The van der Waals surface area contributed by atoms with E-state index in [0.717, 1.165) is 47.4 Å². The third-order valence-corrected chi connectivity index (χ3v) is 9.00. The van der Waals surface area contributed by atoms with Gasteiger partial charge in [0.05, 0.1) is 31.2 Å². The normalized spacial score (nSPS) is 14.1. The van der Waals surface area contributed by atoms with E-state index in [1.165, 1.54) is 24.1 Å². The molecule has 0 radical (unpaired) electrons. The molecule has 1 aliphatic rings. The maximum Gasteiger partial charge on any atom is 0.244 e. The standard InChI is InChI=1S/C32H38ClN3O6S/c1-41-27-15-9-12-24(18-27)21-35(29(19-23-10-5-4-6-11-23)32(38)34-25-13-7-8-14-25)31(37)22-36(43(3,39)40)26-16-17-30(42-2)28(33)20-26/h4-6,9-12,15-18,20,25,29H,7-8,13-14,19,21-22H2,1-3H3,(H,34,38)/t29-/m0/s1. The van der Waals surface area contributed by atoms with Gasteiger partial charge in [0.2, 0.25) is 21.8 Å². The van der Waals surface area contributed by atoms with Gasteiger partial charge in [0, 0.05) is 19.0 Å². The summed E-state index contributed by atoms with van der Waals surface area (Å²) >= 11 is 6.32. The van der Waals surface area contributed by atoms with Gasteiger partial charge in [0.25, 0.3) is 0 Å². The fraction of sp³-hybridized carbons (Fsp3) is 0.375. The van der Waals surface area contributed by atoms with E-state index < -0.39 is 28.5 Å². The zero-order valence-corrected chi connectivity index (χ0v) is 26.2. The number of nitrogens with zero attached hydrogens (tertiary/aromatic N) is 2. The number of amides is 2. The smallest absolute Gasteiger partial charge is 0.244 e. The van der Waals surface area contributed by atoms with Crippen molar-refractivity contribution >= 4 is 39.1 Å². The SMILES string of the molecule is COc1cccc(CN(C(=O)CN(c2ccc(OC)c(Cl)c2)S(C)(=O)=O)[C@@H](Cc2ccccc2)C(=O)NC2CCCC2)c1. The Labute approximate surface area is 258 Å². The van der Waals surface area contributed by atoms with Gasteiger partial charge >= 0.3 is 0 Å². The van der Waals surface area contributed by atoms with Crippen molar-refractivity contribution in [2.45, 2.75) is 50.7 Å². The van der Waals surface area contributed by atoms with Crippen LogP contribution < -0.4 is 19.1 Å². The second kappa shape index (κ2) is 14.6. The van der Waals surface area contributed by atoms with Crippen LogP contribution in [0.2, 0.25) is 5.02 Å². The van der Waals surface area contributed by atoms with Gasteiger partial charge in [-0.25, -0.2) is 8.42 Å². The molecule has 0 unspecified atom stereocenters. The molecule has 1 saturated carbocycles. The number of carbonyl (C=O) groups is 2. The molecule has 0 aliphatic heterocycles. The van der Waals surface area contributed by atoms with Crippen LogP contribution >= 0.6 is 11.6 Å². The van der Waals surface area contributed by atoms with Crippen molar-refractivity contribution in [3.63, 3.8) is 0 Å². The van der Waals surface area contributed by atoms with Crippen molar-refractivity contribution < 1.29 is 27.5 Å². The molecule has 9 nitrogen and oxygen atoms in total. The van der Waals surface area contributed by atoms with E-state index in [-0.39, 0.29) is 35.6 Å². The molecule has 0 bridgehead atoms. The Bertz CT molecular complexity index is 1510. The Morgan fingerprint density at radius 2 is 1.65 bits per heavy atom. The summed E-state index contributed by atoms with van der Waals surface area (Å²) in [6, 6.07) is 20.4. The van der Waals surface area contributed by atoms with Crippen molar-refractivity contribution in [1.82, 2.24) is 10.2 Å². The molecule has 0 aromatic heterocycles. The predicted molar refractivity (Wildman–Crippen MR) is 168 cm³/mol. The van der Waals surface area contributed by atoms with Gasteiger partial charge in [-0.3, -0.25) is 13.9 Å².